The van der Waals surface area contributed by atoms with Crippen LogP contribution in [-0.4, -0.2) is 44.3 Å². The third-order valence-corrected chi connectivity index (χ3v) is 7.56. The summed E-state index contributed by atoms with van der Waals surface area (Å²) >= 11 is 0. The molecular formula is C34H64O8. The molecule has 0 unspecified atom stereocenters. The maximum atomic E-state index is 10.4. The van der Waals surface area contributed by atoms with Gasteiger partial charge in [-0.25, -0.2) is 0 Å². The molecule has 0 aliphatic carbocycles. The highest BCUT2D eigenvalue weighted by Crippen LogP contribution is 2.15. The third kappa shape index (κ3) is 44.9. The van der Waals surface area contributed by atoms with Gasteiger partial charge in [-0.3, -0.25) is 19.2 Å². The van der Waals surface area contributed by atoms with Crippen molar-refractivity contribution < 1.29 is 39.6 Å². The van der Waals surface area contributed by atoms with E-state index in [1.165, 1.54) is 103 Å². The third-order valence-electron chi connectivity index (χ3n) is 7.56. The number of carboxylic acid groups (broad SMARTS) is 4. The maximum Gasteiger partial charge on any atom is 0.303 e. The van der Waals surface area contributed by atoms with Gasteiger partial charge >= 0.3 is 23.9 Å². The quantitative estimate of drug-likeness (QED) is 0.0557. The van der Waals surface area contributed by atoms with Crippen molar-refractivity contribution in [2.75, 3.05) is 0 Å². The van der Waals surface area contributed by atoms with Crippen molar-refractivity contribution in [3.8, 4) is 0 Å². The molecule has 0 saturated carbocycles. The minimum Gasteiger partial charge on any atom is -0.481 e. The summed E-state index contributed by atoms with van der Waals surface area (Å²) in [6, 6.07) is 0. The molecule has 0 aromatic heterocycles. The van der Waals surface area contributed by atoms with Crippen LogP contribution in [0.25, 0.3) is 0 Å². The first-order valence-electron chi connectivity index (χ1n) is 17.1. The molecule has 0 fully saturated rings. The number of hydrogen-bond donors (Lipinski definition) is 4. The lowest BCUT2D eigenvalue weighted by Crippen LogP contribution is -1.93. The first kappa shape index (κ1) is 42.0. The first-order valence-corrected chi connectivity index (χ1v) is 17.1. The lowest BCUT2D eigenvalue weighted by Gasteiger charge is -2.03. The van der Waals surface area contributed by atoms with Gasteiger partial charge in [0.1, 0.15) is 0 Å². The molecule has 0 spiro atoms. The van der Waals surface area contributed by atoms with E-state index in [9.17, 15) is 19.2 Å². The zero-order valence-corrected chi connectivity index (χ0v) is 26.6. The fraction of sp³-hybridized carbons (Fsp3) is 0.882. The molecule has 0 amide bonds. The van der Waals surface area contributed by atoms with Gasteiger partial charge in [-0.1, -0.05) is 141 Å². The van der Waals surface area contributed by atoms with Crippen molar-refractivity contribution >= 4 is 23.9 Å². The molecule has 0 aromatic rings. The van der Waals surface area contributed by atoms with E-state index in [4.69, 9.17) is 20.4 Å². The van der Waals surface area contributed by atoms with Crippen LogP contribution in [0.15, 0.2) is 0 Å². The second-order valence-corrected chi connectivity index (χ2v) is 11.8. The van der Waals surface area contributed by atoms with Crippen LogP contribution < -0.4 is 0 Å². The van der Waals surface area contributed by atoms with Crippen LogP contribution >= 0.6 is 0 Å². The lowest BCUT2D eigenvalue weighted by molar-refractivity contribution is -0.138. The minimum atomic E-state index is -0.698. The Balaban J connectivity index is 0. The molecule has 0 aliphatic heterocycles. The monoisotopic (exact) mass is 600 g/mol. The first-order chi connectivity index (χ1) is 20.3. The molecule has 0 atom stereocenters. The molecule has 0 rings (SSSR count). The number of carboxylic acids is 4. The van der Waals surface area contributed by atoms with Crippen molar-refractivity contribution in [3.63, 3.8) is 0 Å². The molecule has 0 aromatic carbocycles. The Bertz CT molecular complexity index is 581. The van der Waals surface area contributed by atoms with E-state index in [0.717, 1.165) is 64.2 Å². The van der Waals surface area contributed by atoms with Gasteiger partial charge in [-0.05, 0) is 25.7 Å². The Morgan fingerprint density at radius 1 is 0.214 bits per heavy atom. The topological polar surface area (TPSA) is 149 Å². The van der Waals surface area contributed by atoms with Crippen LogP contribution in [0.1, 0.15) is 193 Å². The van der Waals surface area contributed by atoms with Crippen molar-refractivity contribution in [1.82, 2.24) is 0 Å². The van der Waals surface area contributed by atoms with Gasteiger partial charge in [0, 0.05) is 25.7 Å². The fourth-order valence-corrected chi connectivity index (χ4v) is 4.99. The van der Waals surface area contributed by atoms with Gasteiger partial charge in [-0.2, -0.15) is 0 Å². The average Bonchev–Trinajstić information content (AvgIpc) is 2.92. The molecule has 248 valence electrons. The molecular weight excluding hydrogens is 536 g/mol. The van der Waals surface area contributed by atoms with Crippen molar-refractivity contribution in [3.05, 3.63) is 0 Å². The molecule has 4 N–H and O–H groups in total. The lowest BCUT2D eigenvalue weighted by atomic mass is 10.0. The maximum absolute atomic E-state index is 10.4. The van der Waals surface area contributed by atoms with E-state index in [0.29, 0.717) is 25.7 Å². The molecule has 8 nitrogen and oxygen atoms in total. The summed E-state index contributed by atoms with van der Waals surface area (Å²) in [5, 5.41) is 34.0. The normalized spacial score (nSPS) is 10.7. The summed E-state index contributed by atoms with van der Waals surface area (Å²) in [4.78, 5) is 41.3. The van der Waals surface area contributed by atoms with E-state index >= 15 is 0 Å². The average molecular weight is 601 g/mol. The Labute approximate surface area is 256 Å². The summed E-state index contributed by atoms with van der Waals surface area (Å²) in [6.07, 6.45) is 31.2. The zero-order valence-electron chi connectivity index (χ0n) is 26.6. The Kier molecular flexibility index (Phi) is 35.1. The Morgan fingerprint density at radius 2 is 0.310 bits per heavy atom. The molecule has 0 saturated heterocycles. The number of unbranched alkanes of at least 4 members (excludes halogenated alkanes) is 24. The standard InChI is InChI=1S/C20H38O4.C14H26O4/c21-19(22)17-15-13-11-9-7-5-3-1-2-4-6-8-10-12-14-16-18-20(23)24;15-13(16)11-9-7-5-3-1-2-4-6-8-10-12-14(17)18/h1-18H2,(H,21,22)(H,23,24);1-12H2,(H,15,16)(H,17,18). The molecule has 0 bridgehead atoms. The van der Waals surface area contributed by atoms with Gasteiger partial charge in [0.25, 0.3) is 0 Å². The summed E-state index contributed by atoms with van der Waals surface area (Å²) in [7, 11) is 0. The van der Waals surface area contributed by atoms with E-state index < -0.39 is 23.9 Å². The molecule has 8 heteroatoms. The van der Waals surface area contributed by atoms with Gasteiger partial charge in [-0.15, -0.1) is 0 Å². The Hall–Kier alpha value is -2.12. The number of rotatable bonds is 32. The van der Waals surface area contributed by atoms with Gasteiger partial charge in [0.05, 0.1) is 0 Å². The van der Waals surface area contributed by atoms with E-state index in [-0.39, 0.29) is 0 Å². The van der Waals surface area contributed by atoms with Gasteiger partial charge < -0.3 is 20.4 Å². The highest BCUT2D eigenvalue weighted by Gasteiger charge is 2.00. The van der Waals surface area contributed by atoms with Crippen molar-refractivity contribution in [2.45, 2.75) is 193 Å². The minimum absolute atomic E-state index is 0.295. The predicted molar refractivity (Wildman–Crippen MR) is 169 cm³/mol. The molecule has 0 heterocycles. The highest BCUT2D eigenvalue weighted by atomic mass is 16.4. The molecule has 42 heavy (non-hydrogen) atoms. The summed E-state index contributed by atoms with van der Waals surface area (Å²) in [6.45, 7) is 0. The van der Waals surface area contributed by atoms with Crippen molar-refractivity contribution in [2.24, 2.45) is 0 Å². The van der Waals surface area contributed by atoms with Crippen molar-refractivity contribution in [1.29, 1.82) is 0 Å². The SMILES string of the molecule is O=C(O)CCCCCCCCCCCCC(=O)O.O=C(O)CCCCCCCCCCCCCCCCCCC(=O)O. The Morgan fingerprint density at radius 3 is 0.405 bits per heavy atom. The van der Waals surface area contributed by atoms with Crippen LogP contribution in [0, 0.1) is 0 Å². The second kappa shape index (κ2) is 35.1. The predicted octanol–water partition coefficient (Wildman–Crippen LogP) is 10.0. The summed E-state index contributed by atoms with van der Waals surface area (Å²) < 4.78 is 0. The van der Waals surface area contributed by atoms with E-state index in [1.807, 2.05) is 0 Å². The van der Waals surface area contributed by atoms with Gasteiger partial charge in [0.15, 0.2) is 0 Å². The molecule has 0 aliphatic rings. The summed E-state index contributed by atoms with van der Waals surface area (Å²) in [5.74, 6) is -2.74. The van der Waals surface area contributed by atoms with Gasteiger partial charge in [0.2, 0.25) is 0 Å². The van der Waals surface area contributed by atoms with Crippen LogP contribution in [0.3, 0.4) is 0 Å². The smallest absolute Gasteiger partial charge is 0.303 e. The number of aliphatic carboxylic acids is 4. The largest absolute Gasteiger partial charge is 0.481 e. The number of carbonyl (C=O) groups is 4. The van der Waals surface area contributed by atoms with Crippen LogP contribution in [0.5, 0.6) is 0 Å². The van der Waals surface area contributed by atoms with Crippen LogP contribution in [-0.2, 0) is 19.2 Å². The van der Waals surface area contributed by atoms with E-state index in [1.54, 1.807) is 0 Å². The van der Waals surface area contributed by atoms with E-state index in [2.05, 4.69) is 0 Å². The van der Waals surface area contributed by atoms with Crippen LogP contribution in [0.4, 0.5) is 0 Å². The highest BCUT2D eigenvalue weighted by molar-refractivity contribution is 5.67. The molecule has 0 radical (unpaired) electrons. The fourth-order valence-electron chi connectivity index (χ4n) is 4.99. The second-order valence-electron chi connectivity index (χ2n) is 11.8. The number of hydrogen-bond acceptors (Lipinski definition) is 4. The zero-order chi connectivity index (χ0) is 31.5. The van der Waals surface area contributed by atoms with Crippen LogP contribution in [0.2, 0.25) is 0 Å². The summed E-state index contributed by atoms with van der Waals surface area (Å²) in [5.41, 5.74) is 0.